The van der Waals surface area contributed by atoms with Crippen LogP contribution in [0.25, 0.3) is 6.08 Å². The predicted molar refractivity (Wildman–Crippen MR) is 118 cm³/mol. The number of phenolic OH excluding ortho intramolecular Hbond substituents is 1. The average Bonchev–Trinajstić information content (AvgIpc) is 2.90. The van der Waals surface area contributed by atoms with E-state index in [0.717, 1.165) is 22.4 Å². The van der Waals surface area contributed by atoms with Crippen LogP contribution in [0.4, 0.5) is 5.69 Å². The first-order valence-electron chi connectivity index (χ1n) is 9.10. The number of amidine groups is 1. The fraction of sp³-hybridized carbons (Fsp3) is 0.273. The summed E-state index contributed by atoms with van der Waals surface area (Å²) in [6, 6.07) is 11.0. The molecule has 0 radical (unpaired) electrons. The lowest BCUT2D eigenvalue weighted by atomic mass is 10.1. The Morgan fingerprint density at radius 3 is 2.36 bits per heavy atom. The number of amides is 1. The van der Waals surface area contributed by atoms with E-state index in [4.69, 9.17) is 11.6 Å². The second-order valence-electron chi connectivity index (χ2n) is 7.29. The fourth-order valence-electron chi connectivity index (χ4n) is 2.97. The Kier molecular flexibility index (Phi) is 6.16. The highest BCUT2D eigenvalue weighted by molar-refractivity contribution is 8.18. The Bertz CT molecular complexity index is 942. The standard InChI is InChI=1S/C22H23ClN2O2S/c1-13(2)12-25-21(27)19(11-16-9-14(3)20(26)15(4)10-16)28-22(25)24-18-7-5-17(23)6-8-18/h5-11,13,26H,12H2,1-4H3/b19-11+,24-22?. The third-order valence-corrected chi connectivity index (χ3v) is 5.56. The Labute approximate surface area is 174 Å². The zero-order valence-corrected chi connectivity index (χ0v) is 17.9. The topological polar surface area (TPSA) is 52.9 Å². The van der Waals surface area contributed by atoms with E-state index in [1.54, 1.807) is 17.0 Å². The van der Waals surface area contributed by atoms with Crippen molar-refractivity contribution in [1.82, 2.24) is 4.90 Å². The molecule has 0 aliphatic carbocycles. The summed E-state index contributed by atoms with van der Waals surface area (Å²) in [6.45, 7) is 8.46. The minimum atomic E-state index is -0.0465. The molecule has 1 aliphatic heterocycles. The van der Waals surface area contributed by atoms with Gasteiger partial charge in [0.15, 0.2) is 5.17 Å². The number of hydrogen-bond acceptors (Lipinski definition) is 4. The minimum Gasteiger partial charge on any atom is -0.507 e. The number of halogens is 1. The summed E-state index contributed by atoms with van der Waals surface area (Å²) in [7, 11) is 0. The molecule has 1 saturated heterocycles. The van der Waals surface area contributed by atoms with E-state index in [0.29, 0.717) is 33.3 Å². The molecule has 1 aliphatic rings. The third-order valence-electron chi connectivity index (χ3n) is 4.30. The van der Waals surface area contributed by atoms with Gasteiger partial charge in [-0.25, -0.2) is 4.99 Å². The van der Waals surface area contributed by atoms with Crippen LogP contribution in [0.2, 0.25) is 5.02 Å². The third kappa shape index (κ3) is 4.59. The van der Waals surface area contributed by atoms with Crippen LogP contribution in [-0.2, 0) is 4.79 Å². The Hall–Kier alpha value is -2.24. The van der Waals surface area contributed by atoms with Gasteiger partial charge in [0.1, 0.15) is 5.75 Å². The van der Waals surface area contributed by atoms with E-state index in [2.05, 4.69) is 18.8 Å². The van der Waals surface area contributed by atoms with Gasteiger partial charge < -0.3 is 5.11 Å². The number of thioether (sulfide) groups is 1. The van der Waals surface area contributed by atoms with Crippen molar-refractivity contribution in [1.29, 1.82) is 0 Å². The number of carbonyl (C=O) groups excluding carboxylic acids is 1. The Balaban J connectivity index is 1.98. The van der Waals surface area contributed by atoms with Gasteiger partial charge in [0.2, 0.25) is 0 Å². The van der Waals surface area contributed by atoms with Gasteiger partial charge in [0, 0.05) is 11.6 Å². The molecule has 0 unspecified atom stereocenters. The number of phenols is 1. The molecule has 0 aromatic heterocycles. The van der Waals surface area contributed by atoms with Crippen molar-refractivity contribution in [2.45, 2.75) is 27.7 Å². The van der Waals surface area contributed by atoms with Gasteiger partial charge in [0.05, 0.1) is 10.6 Å². The molecule has 2 aromatic carbocycles. The molecule has 0 bridgehead atoms. The number of aliphatic imine (C=N–C) groups is 1. The number of nitrogens with zero attached hydrogens (tertiary/aromatic N) is 2. The first kappa shape index (κ1) is 20.5. The van der Waals surface area contributed by atoms with Crippen LogP contribution in [0, 0.1) is 19.8 Å². The monoisotopic (exact) mass is 414 g/mol. The van der Waals surface area contributed by atoms with Crippen LogP contribution in [0.3, 0.4) is 0 Å². The molecule has 6 heteroatoms. The molecule has 1 amide bonds. The van der Waals surface area contributed by atoms with Crippen molar-refractivity contribution in [2.75, 3.05) is 6.54 Å². The maximum atomic E-state index is 13.0. The zero-order chi connectivity index (χ0) is 20.4. The second-order valence-corrected chi connectivity index (χ2v) is 8.74. The number of rotatable bonds is 4. The smallest absolute Gasteiger partial charge is 0.266 e. The molecule has 3 rings (SSSR count). The summed E-state index contributed by atoms with van der Waals surface area (Å²) in [5, 5.41) is 11.3. The number of aromatic hydroxyl groups is 1. The van der Waals surface area contributed by atoms with Crippen LogP contribution < -0.4 is 0 Å². The van der Waals surface area contributed by atoms with Gasteiger partial charge in [-0.15, -0.1) is 0 Å². The Morgan fingerprint density at radius 2 is 1.79 bits per heavy atom. The van der Waals surface area contributed by atoms with Crippen LogP contribution in [0.15, 0.2) is 46.3 Å². The van der Waals surface area contributed by atoms with Crippen molar-refractivity contribution in [3.63, 3.8) is 0 Å². The number of benzene rings is 2. The SMILES string of the molecule is Cc1cc(/C=C2/SC(=Nc3ccc(Cl)cc3)N(CC(C)C)C2=O)cc(C)c1O. The van der Waals surface area contributed by atoms with E-state index < -0.39 is 0 Å². The highest BCUT2D eigenvalue weighted by Gasteiger charge is 2.33. The minimum absolute atomic E-state index is 0.0465. The van der Waals surface area contributed by atoms with Gasteiger partial charge >= 0.3 is 0 Å². The fourth-order valence-corrected chi connectivity index (χ4v) is 4.10. The lowest BCUT2D eigenvalue weighted by molar-refractivity contribution is -0.122. The largest absolute Gasteiger partial charge is 0.507 e. The second kappa shape index (κ2) is 8.41. The van der Waals surface area contributed by atoms with E-state index in [1.165, 1.54) is 11.8 Å². The van der Waals surface area contributed by atoms with Crippen LogP contribution in [0.5, 0.6) is 5.75 Å². The summed E-state index contributed by atoms with van der Waals surface area (Å²) < 4.78 is 0. The highest BCUT2D eigenvalue weighted by atomic mass is 35.5. The summed E-state index contributed by atoms with van der Waals surface area (Å²) in [4.78, 5) is 20.0. The summed E-state index contributed by atoms with van der Waals surface area (Å²) in [5.41, 5.74) is 3.22. The molecule has 1 fully saturated rings. The molecule has 146 valence electrons. The van der Waals surface area contributed by atoms with Gasteiger partial charge in [0.25, 0.3) is 5.91 Å². The van der Waals surface area contributed by atoms with E-state index >= 15 is 0 Å². The van der Waals surface area contributed by atoms with Gasteiger partial charge in [-0.3, -0.25) is 9.69 Å². The van der Waals surface area contributed by atoms with Crippen LogP contribution in [-0.4, -0.2) is 27.6 Å². The van der Waals surface area contributed by atoms with Crippen molar-refractivity contribution in [3.05, 3.63) is 63.0 Å². The molecular formula is C22H23ClN2O2S. The molecule has 0 saturated carbocycles. The quantitative estimate of drug-likeness (QED) is 0.631. The van der Waals surface area contributed by atoms with E-state index in [-0.39, 0.29) is 5.91 Å². The van der Waals surface area contributed by atoms with Crippen molar-refractivity contribution in [3.8, 4) is 5.75 Å². The molecule has 1 N–H and O–H groups in total. The van der Waals surface area contributed by atoms with Crippen LogP contribution in [0.1, 0.15) is 30.5 Å². The summed E-state index contributed by atoms with van der Waals surface area (Å²) >= 11 is 7.32. The number of carbonyl (C=O) groups is 1. The van der Waals surface area contributed by atoms with E-state index in [1.807, 2.05) is 44.2 Å². The lowest BCUT2D eigenvalue weighted by Gasteiger charge is -2.17. The summed E-state index contributed by atoms with van der Waals surface area (Å²) in [5.74, 6) is 0.561. The molecule has 28 heavy (non-hydrogen) atoms. The molecule has 2 aromatic rings. The molecule has 4 nitrogen and oxygen atoms in total. The predicted octanol–water partition coefficient (Wildman–Crippen LogP) is 5.92. The molecule has 0 spiro atoms. The number of aryl methyl sites for hydroxylation is 2. The first-order valence-corrected chi connectivity index (χ1v) is 10.3. The average molecular weight is 415 g/mol. The van der Waals surface area contributed by atoms with Gasteiger partial charge in [-0.05, 0) is 90.7 Å². The van der Waals surface area contributed by atoms with Gasteiger partial charge in [-0.1, -0.05) is 25.4 Å². The molecule has 1 heterocycles. The maximum Gasteiger partial charge on any atom is 0.266 e. The number of hydrogen-bond donors (Lipinski definition) is 1. The van der Waals surface area contributed by atoms with E-state index in [9.17, 15) is 9.90 Å². The van der Waals surface area contributed by atoms with Crippen molar-refractivity contribution in [2.24, 2.45) is 10.9 Å². The zero-order valence-electron chi connectivity index (χ0n) is 16.4. The summed E-state index contributed by atoms with van der Waals surface area (Å²) in [6.07, 6.45) is 1.87. The van der Waals surface area contributed by atoms with Crippen molar-refractivity contribution < 1.29 is 9.90 Å². The molecular weight excluding hydrogens is 392 g/mol. The highest BCUT2D eigenvalue weighted by Crippen LogP contribution is 2.35. The molecule has 0 atom stereocenters. The van der Waals surface area contributed by atoms with Gasteiger partial charge in [-0.2, -0.15) is 0 Å². The van der Waals surface area contributed by atoms with Crippen LogP contribution >= 0.6 is 23.4 Å². The maximum absolute atomic E-state index is 13.0. The Morgan fingerprint density at radius 1 is 1.18 bits per heavy atom. The normalized spacial score (nSPS) is 17.4. The first-order chi connectivity index (χ1) is 13.2. The van der Waals surface area contributed by atoms with Crippen molar-refractivity contribution >= 4 is 46.2 Å². The lowest BCUT2D eigenvalue weighted by Crippen LogP contribution is -2.32.